The van der Waals surface area contributed by atoms with Crippen LogP contribution in [0.3, 0.4) is 0 Å². The largest absolute Gasteiger partial charge is 0.468 e. The van der Waals surface area contributed by atoms with Gasteiger partial charge in [0.15, 0.2) is 0 Å². The van der Waals surface area contributed by atoms with E-state index in [1.165, 1.54) is 24.3 Å². The average Bonchev–Trinajstić information content (AvgIpc) is 2.76. The van der Waals surface area contributed by atoms with Crippen molar-refractivity contribution in [2.75, 3.05) is 27.3 Å². The first-order valence-electron chi connectivity index (χ1n) is 8.42. The second kappa shape index (κ2) is 9.80. The van der Waals surface area contributed by atoms with Crippen molar-refractivity contribution >= 4 is 32.0 Å². The van der Waals surface area contributed by atoms with Gasteiger partial charge in [-0.25, -0.2) is 16.8 Å². The Balaban J connectivity index is 2.14. The summed E-state index contributed by atoms with van der Waals surface area (Å²) in [6.45, 7) is -0.971. The molecule has 2 aromatic carbocycles. The summed E-state index contributed by atoms with van der Waals surface area (Å²) in [5.74, 6) is -1.43. The second-order valence-electron chi connectivity index (χ2n) is 5.85. The third-order valence-electron chi connectivity index (χ3n) is 3.93. The van der Waals surface area contributed by atoms with Crippen molar-refractivity contribution in [1.29, 1.82) is 0 Å². The molecule has 0 unspecified atom stereocenters. The van der Waals surface area contributed by atoms with E-state index in [0.29, 0.717) is 11.1 Å². The van der Waals surface area contributed by atoms with Crippen molar-refractivity contribution in [3.63, 3.8) is 0 Å². The molecule has 0 saturated carbocycles. The Morgan fingerprint density at radius 3 is 1.23 bits per heavy atom. The zero-order valence-electron chi connectivity index (χ0n) is 16.1. The number of nitrogens with one attached hydrogen (secondary N) is 2. The summed E-state index contributed by atoms with van der Waals surface area (Å²) >= 11 is 0. The maximum absolute atomic E-state index is 12.2. The maximum atomic E-state index is 12.2. The molecule has 0 aromatic heterocycles. The van der Waals surface area contributed by atoms with E-state index in [9.17, 15) is 26.4 Å². The topological polar surface area (TPSA) is 145 Å². The highest BCUT2D eigenvalue weighted by molar-refractivity contribution is 7.89. The van der Waals surface area contributed by atoms with Crippen LogP contribution in [0.1, 0.15) is 0 Å². The fraction of sp³-hybridized carbons (Fsp3) is 0.222. The second-order valence-corrected chi connectivity index (χ2v) is 9.38. The molecule has 0 amide bonds. The summed E-state index contributed by atoms with van der Waals surface area (Å²) in [6.07, 6.45) is 0. The van der Waals surface area contributed by atoms with Crippen LogP contribution in [0.5, 0.6) is 0 Å². The van der Waals surface area contributed by atoms with Crippen molar-refractivity contribution in [3.05, 3.63) is 48.5 Å². The molecule has 0 radical (unpaired) electrons. The Bertz CT molecular complexity index is 1020. The maximum Gasteiger partial charge on any atom is 0.320 e. The van der Waals surface area contributed by atoms with Crippen LogP contribution in [0.2, 0.25) is 0 Å². The number of carbonyl (C=O) groups is 2. The van der Waals surface area contributed by atoms with Crippen molar-refractivity contribution in [2.45, 2.75) is 9.79 Å². The Kier molecular flexibility index (Phi) is 7.67. The van der Waals surface area contributed by atoms with E-state index in [1.807, 2.05) is 0 Å². The lowest BCUT2D eigenvalue weighted by Crippen LogP contribution is -2.30. The minimum absolute atomic E-state index is 0.0404. The summed E-state index contributed by atoms with van der Waals surface area (Å²) in [4.78, 5) is 22.1. The van der Waals surface area contributed by atoms with Gasteiger partial charge in [0.05, 0.1) is 24.0 Å². The van der Waals surface area contributed by atoms with E-state index in [2.05, 4.69) is 18.9 Å². The van der Waals surface area contributed by atoms with Crippen molar-refractivity contribution in [2.24, 2.45) is 0 Å². The summed E-state index contributed by atoms with van der Waals surface area (Å²) in [5.41, 5.74) is 1.29. The van der Waals surface area contributed by atoms with Crippen LogP contribution in [0.25, 0.3) is 11.1 Å². The molecule has 0 saturated heterocycles. The van der Waals surface area contributed by atoms with Crippen LogP contribution in [-0.2, 0) is 39.1 Å². The standard InChI is InChI=1S/C18H20N2O8S2/c1-27-17(21)11-19-29(23,24)15-7-3-13(4-8-15)14-5-9-16(10-6-14)30(25,26)20-12-18(22)28-2/h3-10,19-20H,11-12H2,1-2H3. The summed E-state index contributed by atoms with van der Waals surface area (Å²) in [7, 11) is -5.46. The van der Waals surface area contributed by atoms with Gasteiger partial charge in [-0.15, -0.1) is 0 Å². The van der Waals surface area contributed by atoms with Gasteiger partial charge in [-0.2, -0.15) is 9.44 Å². The van der Waals surface area contributed by atoms with Gasteiger partial charge in [0.25, 0.3) is 0 Å². The summed E-state index contributed by atoms with van der Waals surface area (Å²) in [6, 6.07) is 11.6. The van der Waals surface area contributed by atoms with E-state index in [0.717, 1.165) is 14.2 Å². The summed E-state index contributed by atoms with van der Waals surface area (Å²) < 4.78 is 61.7. The zero-order valence-corrected chi connectivity index (χ0v) is 17.7. The lowest BCUT2D eigenvalue weighted by Gasteiger charge is -2.09. The van der Waals surface area contributed by atoms with Gasteiger partial charge >= 0.3 is 11.9 Å². The van der Waals surface area contributed by atoms with Gasteiger partial charge in [-0.05, 0) is 35.4 Å². The summed E-state index contributed by atoms with van der Waals surface area (Å²) in [5, 5.41) is 0. The molecule has 0 aliphatic carbocycles. The van der Waals surface area contributed by atoms with Gasteiger partial charge in [0.2, 0.25) is 20.0 Å². The molecule has 0 aliphatic heterocycles. The number of hydrogen-bond donors (Lipinski definition) is 2. The lowest BCUT2D eigenvalue weighted by atomic mass is 10.1. The van der Waals surface area contributed by atoms with Gasteiger partial charge < -0.3 is 9.47 Å². The van der Waals surface area contributed by atoms with Crippen LogP contribution in [0, 0.1) is 0 Å². The third kappa shape index (κ3) is 6.10. The number of methoxy groups -OCH3 is 2. The van der Waals surface area contributed by atoms with Gasteiger partial charge in [0.1, 0.15) is 13.1 Å². The molecular formula is C18H20N2O8S2. The lowest BCUT2D eigenvalue weighted by molar-refractivity contribution is -0.140. The molecule has 0 aliphatic rings. The van der Waals surface area contributed by atoms with Crippen molar-refractivity contribution in [3.8, 4) is 11.1 Å². The number of hydrogen-bond acceptors (Lipinski definition) is 8. The van der Waals surface area contributed by atoms with Crippen LogP contribution in [-0.4, -0.2) is 56.1 Å². The van der Waals surface area contributed by atoms with Gasteiger partial charge in [0, 0.05) is 0 Å². The number of benzene rings is 2. The minimum Gasteiger partial charge on any atom is -0.468 e. The molecule has 2 rings (SSSR count). The molecule has 2 N–H and O–H groups in total. The smallest absolute Gasteiger partial charge is 0.320 e. The molecule has 10 nitrogen and oxygen atoms in total. The van der Waals surface area contributed by atoms with Gasteiger partial charge in [-0.3, -0.25) is 9.59 Å². The van der Waals surface area contributed by atoms with Crippen molar-refractivity contribution in [1.82, 2.24) is 9.44 Å². The van der Waals surface area contributed by atoms with Crippen LogP contribution < -0.4 is 9.44 Å². The SMILES string of the molecule is COC(=O)CNS(=O)(=O)c1ccc(-c2ccc(S(=O)(=O)NCC(=O)OC)cc2)cc1. The first-order chi connectivity index (χ1) is 14.1. The fourth-order valence-electron chi connectivity index (χ4n) is 2.27. The van der Waals surface area contributed by atoms with Crippen LogP contribution in [0.15, 0.2) is 58.3 Å². The number of esters is 2. The first kappa shape index (κ1) is 23.5. The highest BCUT2D eigenvalue weighted by atomic mass is 32.2. The van der Waals surface area contributed by atoms with Crippen molar-refractivity contribution < 1.29 is 35.9 Å². The first-order valence-corrected chi connectivity index (χ1v) is 11.4. The Morgan fingerprint density at radius 2 is 0.967 bits per heavy atom. The fourth-order valence-corrected chi connectivity index (χ4v) is 4.21. The minimum atomic E-state index is -3.88. The number of ether oxygens (including phenoxy) is 2. The normalized spacial score (nSPS) is 11.7. The van der Waals surface area contributed by atoms with E-state index < -0.39 is 45.1 Å². The highest BCUT2D eigenvalue weighted by Crippen LogP contribution is 2.23. The number of carbonyl (C=O) groups excluding carboxylic acids is 2. The van der Waals surface area contributed by atoms with E-state index in [4.69, 9.17) is 0 Å². The monoisotopic (exact) mass is 456 g/mol. The molecule has 162 valence electrons. The molecule has 0 spiro atoms. The van der Waals surface area contributed by atoms with Crippen LogP contribution >= 0.6 is 0 Å². The Labute approximate surface area is 174 Å². The molecule has 0 heterocycles. The van der Waals surface area contributed by atoms with E-state index in [-0.39, 0.29) is 9.79 Å². The average molecular weight is 456 g/mol. The van der Waals surface area contributed by atoms with Crippen LogP contribution in [0.4, 0.5) is 0 Å². The third-order valence-corrected chi connectivity index (χ3v) is 6.77. The van der Waals surface area contributed by atoms with E-state index in [1.54, 1.807) is 24.3 Å². The number of rotatable bonds is 9. The van der Waals surface area contributed by atoms with Gasteiger partial charge in [-0.1, -0.05) is 24.3 Å². The molecular weight excluding hydrogens is 436 g/mol. The molecule has 0 fully saturated rings. The molecule has 2 aromatic rings. The predicted octanol–water partition coefficient (Wildman–Crippen LogP) is 0.256. The predicted molar refractivity (Wildman–Crippen MR) is 106 cm³/mol. The molecule has 0 bridgehead atoms. The number of sulfonamides is 2. The zero-order chi connectivity index (χ0) is 22.4. The molecule has 12 heteroatoms. The highest BCUT2D eigenvalue weighted by Gasteiger charge is 2.17. The Hall–Kier alpha value is -2.80. The molecule has 30 heavy (non-hydrogen) atoms. The molecule has 0 atom stereocenters. The Morgan fingerprint density at radius 1 is 0.667 bits per heavy atom. The quantitative estimate of drug-likeness (QED) is 0.511. The van der Waals surface area contributed by atoms with E-state index >= 15 is 0 Å².